The third-order valence-electron chi connectivity index (χ3n) is 5.33. The third kappa shape index (κ3) is 4.53. The maximum atomic E-state index is 14.3. The quantitative estimate of drug-likeness (QED) is 0.690. The summed E-state index contributed by atoms with van der Waals surface area (Å²) < 4.78 is 39.3. The fourth-order valence-electron chi connectivity index (χ4n) is 3.74. The van der Waals surface area contributed by atoms with E-state index in [-0.39, 0.29) is 25.8 Å². The molecule has 0 unspecified atom stereocenters. The van der Waals surface area contributed by atoms with E-state index >= 15 is 0 Å². The van der Waals surface area contributed by atoms with E-state index in [0.29, 0.717) is 29.1 Å². The Morgan fingerprint density at radius 2 is 1.97 bits per heavy atom. The van der Waals surface area contributed by atoms with Crippen molar-refractivity contribution < 1.29 is 27.8 Å². The highest BCUT2D eigenvalue weighted by atomic mass is 19.1. The highest BCUT2D eigenvalue weighted by molar-refractivity contribution is 5.95. The standard InChI is InChI=1S/C22H26F2N2O4/c1-4-29-22(28)20-13(2)16(14(3)25-20)12-26(11-15-7-6-10-30-15)21(27)19-17(23)8-5-9-18(19)24/h5,8-9,15,25H,4,6-7,10-12H2,1-3H3/t15-/m1/s1. The van der Waals surface area contributed by atoms with Gasteiger partial charge < -0.3 is 19.4 Å². The van der Waals surface area contributed by atoms with Crippen LogP contribution in [0.15, 0.2) is 18.2 Å². The Morgan fingerprint density at radius 3 is 2.57 bits per heavy atom. The summed E-state index contributed by atoms with van der Waals surface area (Å²) >= 11 is 0. The molecule has 2 heterocycles. The molecule has 1 aromatic heterocycles. The Morgan fingerprint density at radius 1 is 1.27 bits per heavy atom. The largest absolute Gasteiger partial charge is 0.461 e. The minimum Gasteiger partial charge on any atom is -0.461 e. The second-order valence-corrected chi connectivity index (χ2v) is 7.37. The van der Waals surface area contributed by atoms with Crippen LogP contribution in [0.4, 0.5) is 8.78 Å². The van der Waals surface area contributed by atoms with Gasteiger partial charge in [0.1, 0.15) is 22.9 Å². The number of carbonyl (C=O) groups excluding carboxylic acids is 2. The summed E-state index contributed by atoms with van der Waals surface area (Å²) in [4.78, 5) is 29.7. The molecule has 0 spiro atoms. The number of rotatable bonds is 7. The minimum atomic E-state index is -0.910. The molecule has 0 bridgehead atoms. The van der Waals surface area contributed by atoms with E-state index in [0.717, 1.165) is 25.0 Å². The average Bonchev–Trinajstić information content (AvgIpc) is 3.30. The number of ether oxygens (including phenoxy) is 2. The molecule has 3 rings (SSSR count). The summed E-state index contributed by atoms with van der Waals surface area (Å²) in [5.41, 5.74) is 1.76. The monoisotopic (exact) mass is 420 g/mol. The third-order valence-corrected chi connectivity index (χ3v) is 5.33. The van der Waals surface area contributed by atoms with Gasteiger partial charge in [0.15, 0.2) is 0 Å². The van der Waals surface area contributed by atoms with Crippen molar-refractivity contribution in [3.63, 3.8) is 0 Å². The first-order valence-corrected chi connectivity index (χ1v) is 10.0. The number of aromatic nitrogens is 1. The van der Waals surface area contributed by atoms with Crippen molar-refractivity contribution in [2.75, 3.05) is 19.8 Å². The molecule has 1 atom stereocenters. The maximum absolute atomic E-state index is 14.3. The SMILES string of the molecule is CCOC(=O)c1[nH]c(C)c(CN(C[C@H]2CCCO2)C(=O)c2c(F)cccc2F)c1C. The molecule has 1 N–H and O–H groups in total. The number of hydrogen-bond donors (Lipinski definition) is 1. The first-order valence-electron chi connectivity index (χ1n) is 10.0. The van der Waals surface area contributed by atoms with Gasteiger partial charge in [-0.15, -0.1) is 0 Å². The van der Waals surface area contributed by atoms with Gasteiger partial charge in [0.2, 0.25) is 0 Å². The summed E-state index contributed by atoms with van der Waals surface area (Å²) in [6.07, 6.45) is 1.44. The highest BCUT2D eigenvalue weighted by Crippen LogP contribution is 2.24. The van der Waals surface area contributed by atoms with Crippen LogP contribution in [0.25, 0.3) is 0 Å². The summed E-state index contributed by atoms with van der Waals surface area (Å²) in [5.74, 6) is -3.06. The molecule has 162 valence electrons. The molecule has 0 saturated carbocycles. The summed E-state index contributed by atoms with van der Waals surface area (Å²) in [5, 5.41) is 0. The van der Waals surface area contributed by atoms with Crippen molar-refractivity contribution in [1.29, 1.82) is 0 Å². The lowest BCUT2D eigenvalue weighted by Gasteiger charge is -2.26. The molecule has 1 saturated heterocycles. The highest BCUT2D eigenvalue weighted by Gasteiger charge is 2.29. The first kappa shape index (κ1) is 22.0. The van der Waals surface area contributed by atoms with E-state index in [1.165, 1.54) is 11.0 Å². The van der Waals surface area contributed by atoms with E-state index in [4.69, 9.17) is 9.47 Å². The van der Waals surface area contributed by atoms with Gasteiger partial charge in [-0.25, -0.2) is 13.6 Å². The predicted molar refractivity (Wildman–Crippen MR) is 106 cm³/mol. The Balaban J connectivity index is 1.94. The van der Waals surface area contributed by atoms with E-state index < -0.39 is 29.1 Å². The van der Waals surface area contributed by atoms with Gasteiger partial charge in [-0.1, -0.05) is 6.07 Å². The van der Waals surface area contributed by atoms with Gasteiger partial charge >= 0.3 is 5.97 Å². The number of H-pyrrole nitrogens is 1. The zero-order valence-corrected chi connectivity index (χ0v) is 17.4. The lowest BCUT2D eigenvalue weighted by Crippen LogP contribution is -2.38. The second-order valence-electron chi connectivity index (χ2n) is 7.37. The number of esters is 1. The molecule has 1 amide bonds. The van der Waals surface area contributed by atoms with Gasteiger partial charge in [-0.2, -0.15) is 0 Å². The lowest BCUT2D eigenvalue weighted by atomic mass is 10.1. The van der Waals surface area contributed by atoms with Crippen LogP contribution in [-0.2, 0) is 16.0 Å². The van der Waals surface area contributed by atoms with Crippen LogP contribution in [0.5, 0.6) is 0 Å². The molecule has 6 nitrogen and oxygen atoms in total. The molecule has 1 aliphatic rings. The van der Waals surface area contributed by atoms with Crippen LogP contribution in [0.1, 0.15) is 57.4 Å². The van der Waals surface area contributed by atoms with Crippen molar-refractivity contribution in [3.05, 3.63) is 57.9 Å². The predicted octanol–water partition coefficient (Wildman–Crippen LogP) is 3.91. The number of amides is 1. The summed E-state index contributed by atoms with van der Waals surface area (Å²) in [7, 11) is 0. The normalized spacial score (nSPS) is 16.0. The van der Waals surface area contributed by atoms with E-state index in [2.05, 4.69) is 4.98 Å². The molecule has 30 heavy (non-hydrogen) atoms. The average molecular weight is 420 g/mol. The molecule has 1 aliphatic heterocycles. The Kier molecular flexibility index (Phi) is 6.87. The number of benzene rings is 1. The van der Waals surface area contributed by atoms with Crippen molar-refractivity contribution in [2.45, 2.75) is 46.3 Å². The Labute approximate surface area is 174 Å². The maximum Gasteiger partial charge on any atom is 0.355 e. The van der Waals surface area contributed by atoms with Crippen LogP contribution < -0.4 is 0 Å². The van der Waals surface area contributed by atoms with Crippen molar-refractivity contribution in [3.8, 4) is 0 Å². The number of nitrogens with one attached hydrogen (secondary N) is 1. The number of halogens is 2. The summed E-state index contributed by atoms with van der Waals surface area (Å²) in [6, 6.07) is 3.34. The Bertz CT molecular complexity index is 915. The molecule has 0 aliphatic carbocycles. The van der Waals surface area contributed by atoms with E-state index in [1.807, 2.05) is 0 Å². The zero-order chi connectivity index (χ0) is 21.8. The van der Waals surface area contributed by atoms with Crippen LogP contribution in [0.3, 0.4) is 0 Å². The van der Waals surface area contributed by atoms with Gasteiger partial charge in [-0.05, 0) is 56.9 Å². The lowest BCUT2D eigenvalue weighted by molar-refractivity contribution is 0.0499. The number of carbonyl (C=O) groups is 2. The first-order chi connectivity index (χ1) is 14.3. The van der Waals surface area contributed by atoms with Crippen LogP contribution >= 0.6 is 0 Å². The summed E-state index contributed by atoms with van der Waals surface area (Å²) in [6.45, 7) is 6.37. The van der Waals surface area contributed by atoms with E-state index in [9.17, 15) is 18.4 Å². The molecular formula is C22H26F2N2O4. The van der Waals surface area contributed by atoms with Crippen molar-refractivity contribution in [1.82, 2.24) is 9.88 Å². The smallest absolute Gasteiger partial charge is 0.355 e. The van der Waals surface area contributed by atoms with Crippen LogP contribution in [-0.4, -0.2) is 47.6 Å². The van der Waals surface area contributed by atoms with Gasteiger partial charge in [-0.3, -0.25) is 4.79 Å². The van der Waals surface area contributed by atoms with Crippen molar-refractivity contribution in [2.24, 2.45) is 0 Å². The Hall–Kier alpha value is -2.74. The fraction of sp³-hybridized carbons (Fsp3) is 0.455. The minimum absolute atomic E-state index is 0.0834. The molecular weight excluding hydrogens is 394 g/mol. The van der Waals surface area contributed by atoms with Crippen LogP contribution in [0.2, 0.25) is 0 Å². The van der Waals surface area contributed by atoms with Crippen LogP contribution in [0, 0.1) is 25.5 Å². The zero-order valence-electron chi connectivity index (χ0n) is 17.4. The number of aromatic amines is 1. The second kappa shape index (κ2) is 9.38. The van der Waals surface area contributed by atoms with Gasteiger partial charge in [0.25, 0.3) is 5.91 Å². The topological polar surface area (TPSA) is 71.6 Å². The van der Waals surface area contributed by atoms with Gasteiger partial charge in [0.05, 0.1) is 12.7 Å². The molecule has 1 aromatic carbocycles. The fourth-order valence-corrected chi connectivity index (χ4v) is 3.74. The molecule has 8 heteroatoms. The van der Waals surface area contributed by atoms with Gasteiger partial charge in [0, 0.05) is 25.4 Å². The number of hydrogen-bond acceptors (Lipinski definition) is 4. The number of aryl methyl sites for hydroxylation is 1. The molecule has 2 aromatic rings. The van der Waals surface area contributed by atoms with Crippen molar-refractivity contribution >= 4 is 11.9 Å². The molecule has 1 fully saturated rings. The molecule has 0 radical (unpaired) electrons. The number of nitrogens with zero attached hydrogens (tertiary/aromatic N) is 1. The van der Waals surface area contributed by atoms with E-state index in [1.54, 1.807) is 20.8 Å².